The molecule has 2 rings (SSSR count). The Bertz CT molecular complexity index is 1150. The van der Waals surface area contributed by atoms with Crippen LogP contribution in [0.1, 0.15) is 56.0 Å². The van der Waals surface area contributed by atoms with Crippen molar-refractivity contribution in [3.05, 3.63) is 77.4 Å². The minimum Gasteiger partial charge on any atom is -0.444 e. The van der Waals surface area contributed by atoms with Gasteiger partial charge in [-0.1, -0.05) is 48.4 Å². The smallest absolute Gasteiger partial charge is 0.408 e. The molecule has 7 heteroatoms. The molecule has 0 heterocycles. The molecule has 2 atom stereocenters. The molecule has 36 heavy (non-hydrogen) atoms. The van der Waals surface area contributed by atoms with Gasteiger partial charge in [-0.05, 0) is 64.3 Å². The van der Waals surface area contributed by atoms with Gasteiger partial charge in [0, 0.05) is 17.8 Å². The Morgan fingerprint density at radius 1 is 1.11 bits per heavy atom. The fourth-order valence-electron chi connectivity index (χ4n) is 3.78. The van der Waals surface area contributed by atoms with E-state index < -0.39 is 35.6 Å². The lowest BCUT2D eigenvalue weighted by Gasteiger charge is -2.33. The highest BCUT2D eigenvalue weighted by atomic mass is 16.6. The fraction of sp³-hybridized carbons (Fsp3) is 0.345. The van der Waals surface area contributed by atoms with Crippen molar-refractivity contribution < 1.29 is 19.1 Å². The van der Waals surface area contributed by atoms with E-state index in [1.807, 2.05) is 32.0 Å². The summed E-state index contributed by atoms with van der Waals surface area (Å²) in [4.78, 5) is 41.1. The molecule has 0 bridgehead atoms. The highest BCUT2D eigenvalue weighted by molar-refractivity contribution is 6.00. The van der Waals surface area contributed by atoms with Gasteiger partial charge >= 0.3 is 6.09 Å². The van der Waals surface area contributed by atoms with Crippen LogP contribution in [0.5, 0.6) is 0 Å². The Morgan fingerprint density at radius 3 is 2.28 bits per heavy atom. The first-order valence-electron chi connectivity index (χ1n) is 11.7. The van der Waals surface area contributed by atoms with E-state index in [1.54, 1.807) is 45.0 Å². The second kappa shape index (κ2) is 12.1. The zero-order valence-corrected chi connectivity index (χ0v) is 21.8. The molecule has 190 valence electrons. The first kappa shape index (κ1) is 28.2. The van der Waals surface area contributed by atoms with Gasteiger partial charge in [0.2, 0.25) is 5.91 Å². The number of benzene rings is 2. The molecule has 2 aromatic carbocycles. The quantitative estimate of drug-likeness (QED) is 0.408. The number of nitrogens with zero attached hydrogens (tertiary/aromatic N) is 1. The second-order valence-electron chi connectivity index (χ2n) is 9.54. The molecular weight excluding hydrogens is 454 g/mol. The molecule has 0 radical (unpaired) electrons. The third-order valence-corrected chi connectivity index (χ3v) is 5.41. The van der Waals surface area contributed by atoms with E-state index in [4.69, 9.17) is 11.2 Å². The maximum Gasteiger partial charge on any atom is 0.408 e. The number of anilines is 1. The maximum absolute atomic E-state index is 13.8. The second-order valence-corrected chi connectivity index (χ2v) is 9.54. The van der Waals surface area contributed by atoms with Gasteiger partial charge in [0.05, 0.1) is 0 Å². The average molecular weight is 490 g/mol. The van der Waals surface area contributed by atoms with Crippen LogP contribution < -0.4 is 10.6 Å². The summed E-state index contributed by atoms with van der Waals surface area (Å²) in [5.41, 5.74) is 2.67. The molecule has 0 saturated heterocycles. The van der Waals surface area contributed by atoms with Crippen molar-refractivity contribution in [1.82, 2.24) is 10.2 Å². The number of alkyl carbamates (subject to hydrolysis) is 1. The molecule has 2 aromatic rings. The molecular formula is C29H35N3O4. The normalized spacial score (nSPS) is 12.5. The minimum absolute atomic E-state index is 0.0446. The first-order chi connectivity index (χ1) is 16.9. The molecule has 7 nitrogen and oxygen atoms in total. The molecule has 0 aliphatic carbocycles. The molecule has 3 amide bonds. The van der Waals surface area contributed by atoms with Crippen LogP contribution >= 0.6 is 0 Å². The number of carbonyl (C=O) groups is 3. The summed E-state index contributed by atoms with van der Waals surface area (Å²) in [5, 5.41) is 5.54. The number of hydrogen-bond acceptors (Lipinski definition) is 4. The summed E-state index contributed by atoms with van der Waals surface area (Å²) in [6.07, 6.45) is 6.54. The van der Waals surface area contributed by atoms with Crippen molar-refractivity contribution in [2.75, 3.05) is 11.9 Å². The Labute approximate surface area is 213 Å². The Morgan fingerprint density at radius 2 is 1.72 bits per heavy atom. The van der Waals surface area contributed by atoms with Crippen LogP contribution in [0.3, 0.4) is 0 Å². The van der Waals surface area contributed by atoms with Gasteiger partial charge in [0.1, 0.15) is 17.7 Å². The average Bonchev–Trinajstić information content (AvgIpc) is 2.79. The summed E-state index contributed by atoms with van der Waals surface area (Å²) in [6.45, 7) is 14.3. The largest absolute Gasteiger partial charge is 0.444 e. The summed E-state index contributed by atoms with van der Waals surface area (Å²) >= 11 is 0. The number of rotatable bonds is 8. The summed E-state index contributed by atoms with van der Waals surface area (Å²) in [7, 11) is 0. The van der Waals surface area contributed by atoms with Gasteiger partial charge in [-0.15, -0.1) is 13.0 Å². The molecule has 0 aliphatic heterocycles. The van der Waals surface area contributed by atoms with Gasteiger partial charge in [-0.2, -0.15) is 0 Å². The van der Waals surface area contributed by atoms with E-state index in [-0.39, 0.29) is 6.54 Å². The molecule has 0 spiro atoms. The van der Waals surface area contributed by atoms with E-state index in [1.165, 1.54) is 17.9 Å². The third-order valence-electron chi connectivity index (χ3n) is 5.41. The highest BCUT2D eigenvalue weighted by Gasteiger charge is 2.35. The lowest BCUT2D eigenvalue weighted by molar-refractivity contribution is -0.139. The fourth-order valence-corrected chi connectivity index (χ4v) is 3.78. The molecule has 0 aromatic heterocycles. The zero-order chi connectivity index (χ0) is 27.0. The number of carbonyl (C=O) groups excluding carboxylic acids is 3. The van der Waals surface area contributed by atoms with Crippen LogP contribution in [0, 0.1) is 26.2 Å². The van der Waals surface area contributed by atoms with Gasteiger partial charge in [0.15, 0.2) is 0 Å². The van der Waals surface area contributed by atoms with Crippen molar-refractivity contribution in [1.29, 1.82) is 0 Å². The molecule has 0 saturated carbocycles. The molecule has 2 unspecified atom stereocenters. The summed E-state index contributed by atoms with van der Waals surface area (Å²) in [6, 6.07) is 10.6. The van der Waals surface area contributed by atoms with Gasteiger partial charge in [0.25, 0.3) is 5.91 Å². The van der Waals surface area contributed by atoms with Crippen molar-refractivity contribution in [3.63, 3.8) is 0 Å². The molecule has 0 aliphatic rings. The van der Waals surface area contributed by atoms with Crippen LogP contribution in [-0.4, -0.2) is 41.0 Å². The van der Waals surface area contributed by atoms with E-state index >= 15 is 0 Å². The number of para-hydroxylation sites is 1. The molecule has 0 fully saturated rings. The Hall–Kier alpha value is -4.05. The monoisotopic (exact) mass is 489 g/mol. The minimum atomic E-state index is -1.08. The topological polar surface area (TPSA) is 87.7 Å². The lowest BCUT2D eigenvalue weighted by Crippen LogP contribution is -2.51. The SMILES string of the molecule is C#Cc1ccccc1C(C(=O)Nc1c(C)cccc1C)N(CC=C)C(=O)C(C)NC(=O)OC(C)(C)C. The van der Waals surface area contributed by atoms with Crippen molar-refractivity contribution in [3.8, 4) is 12.3 Å². The number of terminal acetylenes is 1. The van der Waals surface area contributed by atoms with E-state index in [0.717, 1.165) is 11.1 Å². The van der Waals surface area contributed by atoms with Crippen molar-refractivity contribution >= 4 is 23.6 Å². The van der Waals surface area contributed by atoms with E-state index in [0.29, 0.717) is 16.8 Å². The predicted octanol–water partition coefficient (Wildman–Crippen LogP) is 4.89. The summed E-state index contributed by atoms with van der Waals surface area (Å²) < 4.78 is 5.29. The van der Waals surface area contributed by atoms with Crippen LogP contribution in [-0.2, 0) is 14.3 Å². The first-order valence-corrected chi connectivity index (χ1v) is 11.7. The number of amides is 3. The molecule has 2 N–H and O–H groups in total. The zero-order valence-electron chi connectivity index (χ0n) is 21.8. The number of aryl methyl sites for hydroxylation is 2. The van der Waals surface area contributed by atoms with Gasteiger partial charge < -0.3 is 20.3 Å². The van der Waals surface area contributed by atoms with Crippen LogP contribution in [0.25, 0.3) is 0 Å². The highest BCUT2D eigenvalue weighted by Crippen LogP contribution is 2.28. The summed E-state index contributed by atoms with van der Waals surface area (Å²) in [5.74, 6) is 1.68. The number of ether oxygens (including phenoxy) is 1. The Balaban J connectivity index is 2.51. The van der Waals surface area contributed by atoms with E-state index in [9.17, 15) is 14.4 Å². The maximum atomic E-state index is 13.8. The van der Waals surface area contributed by atoms with Crippen LogP contribution in [0.2, 0.25) is 0 Å². The predicted molar refractivity (Wildman–Crippen MR) is 142 cm³/mol. The van der Waals surface area contributed by atoms with E-state index in [2.05, 4.69) is 23.1 Å². The Kier molecular flexibility index (Phi) is 9.45. The third kappa shape index (κ3) is 7.22. The van der Waals surface area contributed by atoms with Gasteiger partial charge in [-0.3, -0.25) is 9.59 Å². The number of nitrogens with one attached hydrogen (secondary N) is 2. The number of hydrogen-bond donors (Lipinski definition) is 2. The standard InChI is InChI=1S/C29H35N3O4/c1-9-18-32(27(34)21(5)30-28(35)36-29(6,7)8)25(23-17-12-11-16-22(23)10-2)26(33)31-24-19(3)14-13-15-20(24)4/h2,9,11-17,21,25H,1,18H2,3-8H3,(H,30,35)(H,31,33). The lowest BCUT2D eigenvalue weighted by atomic mass is 9.97. The van der Waals surface area contributed by atoms with Crippen molar-refractivity contribution in [2.45, 2.75) is 59.2 Å². The van der Waals surface area contributed by atoms with Crippen molar-refractivity contribution in [2.24, 2.45) is 0 Å². The van der Waals surface area contributed by atoms with Crippen LogP contribution in [0.15, 0.2) is 55.1 Å². The van der Waals surface area contributed by atoms with Crippen LogP contribution in [0.4, 0.5) is 10.5 Å². The van der Waals surface area contributed by atoms with Gasteiger partial charge in [-0.25, -0.2) is 4.79 Å².